The normalized spacial score (nSPS) is 13.6. The second kappa shape index (κ2) is 9.40. The van der Waals surface area contributed by atoms with Crippen LogP contribution in [-0.4, -0.2) is 24.9 Å². The molecule has 0 bridgehead atoms. The van der Waals surface area contributed by atoms with Crippen molar-refractivity contribution in [3.05, 3.63) is 102 Å². The van der Waals surface area contributed by atoms with Gasteiger partial charge in [-0.15, -0.1) is 0 Å². The van der Waals surface area contributed by atoms with Gasteiger partial charge in [0, 0.05) is 31.1 Å². The number of benzene rings is 3. The lowest BCUT2D eigenvalue weighted by Gasteiger charge is -2.19. The van der Waals surface area contributed by atoms with Crippen LogP contribution in [0.25, 0.3) is 0 Å². The Bertz CT molecular complexity index is 945. The van der Waals surface area contributed by atoms with Crippen molar-refractivity contribution < 1.29 is 9.59 Å². The van der Waals surface area contributed by atoms with Gasteiger partial charge in [-0.1, -0.05) is 72.8 Å². The van der Waals surface area contributed by atoms with E-state index in [1.54, 1.807) is 0 Å². The quantitative estimate of drug-likeness (QED) is 0.645. The molecule has 1 aliphatic rings. The van der Waals surface area contributed by atoms with Gasteiger partial charge in [-0.05, 0) is 35.2 Å². The Morgan fingerprint density at radius 3 is 2.00 bits per heavy atom. The maximum atomic E-state index is 12.6. The first-order valence-corrected chi connectivity index (χ1v) is 10.5. The average molecular weight is 399 g/mol. The zero-order valence-electron chi connectivity index (χ0n) is 17.0. The van der Waals surface area contributed by atoms with E-state index in [1.165, 1.54) is 11.1 Å². The van der Waals surface area contributed by atoms with Crippen LogP contribution in [0.4, 0.5) is 5.69 Å². The van der Waals surface area contributed by atoms with Crippen LogP contribution in [-0.2, 0) is 16.0 Å². The molecule has 2 amide bonds. The highest BCUT2D eigenvalue weighted by atomic mass is 16.2. The molecule has 3 aromatic rings. The monoisotopic (exact) mass is 398 g/mol. The van der Waals surface area contributed by atoms with Crippen LogP contribution in [0, 0.1) is 0 Å². The zero-order chi connectivity index (χ0) is 20.8. The van der Waals surface area contributed by atoms with Gasteiger partial charge in [0.1, 0.15) is 0 Å². The number of rotatable bonds is 7. The smallest absolute Gasteiger partial charge is 0.227 e. The number of anilines is 1. The molecular weight excluding hydrogens is 372 g/mol. The first kappa shape index (κ1) is 19.9. The molecule has 0 saturated carbocycles. The number of nitrogens with one attached hydrogen (secondary N) is 1. The van der Waals surface area contributed by atoms with Crippen LogP contribution >= 0.6 is 0 Å². The van der Waals surface area contributed by atoms with Crippen molar-refractivity contribution >= 4 is 17.5 Å². The Balaban J connectivity index is 1.38. The van der Waals surface area contributed by atoms with E-state index in [0.717, 1.165) is 24.2 Å². The molecule has 4 heteroatoms. The number of hydrogen-bond donors (Lipinski definition) is 1. The molecule has 0 aromatic heterocycles. The standard InChI is InChI=1S/C26H26N2O2/c29-25(18-20-13-15-23(16-14-20)28-17-7-12-26(28)30)27-19-24(21-8-3-1-4-9-21)22-10-5-2-6-11-22/h1-6,8-11,13-16,24H,7,12,17-19H2,(H,27,29). The van der Waals surface area contributed by atoms with E-state index in [-0.39, 0.29) is 17.7 Å². The predicted octanol–water partition coefficient (Wildman–Crippen LogP) is 4.30. The molecule has 1 aliphatic heterocycles. The molecule has 1 saturated heterocycles. The number of carbonyl (C=O) groups excluding carboxylic acids is 2. The second-order valence-corrected chi connectivity index (χ2v) is 7.67. The molecule has 30 heavy (non-hydrogen) atoms. The number of amides is 2. The van der Waals surface area contributed by atoms with Gasteiger partial charge in [-0.3, -0.25) is 9.59 Å². The molecule has 0 atom stereocenters. The molecule has 0 aliphatic carbocycles. The molecule has 1 N–H and O–H groups in total. The highest BCUT2D eigenvalue weighted by Crippen LogP contribution is 2.24. The fraction of sp³-hybridized carbons (Fsp3) is 0.231. The SMILES string of the molecule is O=C(Cc1ccc(N2CCCC2=O)cc1)NCC(c1ccccc1)c1ccccc1. The van der Waals surface area contributed by atoms with Gasteiger partial charge in [0.05, 0.1) is 6.42 Å². The van der Waals surface area contributed by atoms with Crippen molar-refractivity contribution in [2.75, 3.05) is 18.0 Å². The minimum Gasteiger partial charge on any atom is -0.355 e. The van der Waals surface area contributed by atoms with E-state index in [2.05, 4.69) is 29.6 Å². The Morgan fingerprint density at radius 2 is 1.47 bits per heavy atom. The summed E-state index contributed by atoms with van der Waals surface area (Å²) in [6, 6.07) is 28.3. The number of nitrogens with zero attached hydrogens (tertiary/aromatic N) is 1. The highest BCUT2D eigenvalue weighted by molar-refractivity contribution is 5.95. The number of carbonyl (C=O) groups is 2. The minimum absolute atomic E-state index is 0.00291. The van der Waals surface area contributed by atoms with Gasteiger partial charge in [0.2, 0.25) is 11.8 Å². The molecule has 4 nitrogen and oxygen atoms in total. The van der Waals surface area contributed by atoms with Gasteiger partial charge in [0.15, 0.2) is 0 Å². The third-order valence-corrected chi connectivity index (χ3v) is 5.59. The van der Waals surface area contributed by atoms with Crippen LogP contribution in [0.3, 0.4) is 0 Å². The first-order valence-electron chi connectivity index (χ1n) is 10.5. The molecule has 0 unspecified atom stereocenters. The molecule has 152 valence electrons. The van der Waals surface area contributed by atoms with Crippen molar-refractivity contribution in [3.8, 4) is 0 Å². The van der Waals surface area contributed by atoms with Crippen molar-refractivity contribution in [2.24, 2.45) is 0 Å². The van der Waals surface area contributed by atoms with E-state index in [0.29, 0.717) is 19.4 Å². The summed E-state index contributed by atoms with van der Waals surface area (Å²) in [5.41, 5.74) is 4.22. The Labute approximate surface area is 177 Å². The molecule has 0 spiro atoms. The van der Waals surface area contributed by atoms with E-state index < -0.39 is 0 Å². The minimum atomic E-state index is -0.00291. The van der Waals surface area contributed by atoms with Crippen LogP contribution in [0.2, 0.25) is 0 Å². The fourth-order valence-corrected chi connectivity index (χ4v) is 3.98. The summed E-state index contributed by atoms with van der Waals surface area (Å²) in [6.45, 7) is 1.33. The average Bonchev–Trinajstić information content (AvgIpc) is 3.22. The van der Waals surface area contributed by atoms with Gasteiger partial charge in [-0.25, -0.2) is 0 Å². The van der Waals surface area contributed by atoms with Gasteiger partial charge >= 0.3 is 0 Å². The maximum absolute atomic E-state index is 12.6. The highest BCUT2D eigenvalue weighted by Gasteiger charge is 2.21. The van der Waals surface area contributed by atoms with Crippen molar-refractivity contribution in [2.45, 2.75) is 25.2 Å². The molecule has 1 fully saturated rings. The molecule has 4 rings (SSSR count). The molecular formula is C26H26N2O2. The summed E-state index contributed by atoms with van der Waals surface area (Å²) in [6.07, 6.45) is 1.85. The van der Waals surface area contributed by atoms with Crippen LogP contribution in [0.5, 0.6) is 0 Å². The second-order valence-electron chi connectivity index (χ2n) is 7.67. The van der Waals surface area contributed by atoms with Gasteiger partial charge < -0.3 is 10.2 Å². The summed E-state index contributed by atoms with van der Waals surface area (Å²) in [7, 11) is 0. The summed E-state index contributed by atoms with van der Waals surface area (Å²) in [4.78, 5) is 26.3. The summed E-state index contributed by atoms with van der Waals surface area (Å²) in [5, 5.41) is 3.10. The summed E-state index contributed by atoms with van der Waals surface area (Å²) >= 11 is 0. The predicted molar refractivity (Wildman–Crippen MR) is 119 cm³/mol. The Kier molecular flexibility index (Phi) is 6.23. The summed E-state index contributed by atoms with van der Waals surface area (Å²) in [5.74, 6) is 0.283. The Hall–Kier alpha value is -3.40. The van der Waals surface area contributed by atoms with Crippen molar-refractivity contribution in [3.63, 3.8) is 0 Å². The van der Waals surface area contributed by atoms with Crippen LogP contribution in [0.1, 0.15) is 35.4 Å². The largest absolute Gasteiger partial charge is 0.355 e. The summed E-state index contributed by atoms with van der Waals surface area (Å²) < 4.78 is 0. The molecule has 0 radical (unpaired) electrons. The lowest BCUT2D eigenvalue weighted by atomic mass is 9.91. The third kappa shape index (κ3) is 4.77. The molecule has 1 heterocycles. The van der Waals surface area contributed by atoms with E-state index in [9.17, 15) is 9.59 Å². The lowest BCUT2D eigenvalue weighted by Crippen LogP contribution is -2.30. The lowest BCUT2D eigenvalue weighted by molar-refractivity contribution is -0.120. The maximum Gasteiger partial charge on any atom is 0.227 e. The zero-order valence-corrected chi connectivity index (χ0v) is 17.0. The van der Waals surface area contributed by atoms with E-state index >= 15 is 0 Å². The van der Waals surface area contributed by atoms with Crippen molar-refractivity contribution in [1.29, 1.82) is 0 Å². The van der Waals surface area contributed by atoms with E-state index in [1.807, 2.05) is 65.6 Å². The van der Waals surface area contributed by atoms with E-state index in [4.69, 9.17) is 0 Å². The van der Waals surface area contributed by atoms with Crippen LogP contribution in [0.15, 0.2) is 84.9 Å². The fourth-order valence-electron chi connectivity index (χ4n) is 3.98. The van der Waals surface area contributed by atoms with Gasteiger partial charge in [-0.2, -0.15) is 0 Å². The Morgan fingerprint density at radius 1 is 0.867 bits per heavy atom. The first-order chi connectivity index (χ1) is 14.7. The van der Waals surface area contributed by atoms with Crippen molar-refractivity contribution in [1.82, 2.24) is 5.32 Å². The topological polar surface area (TPSA) is 49.4 Å². The third-order valence-electron chi connectivity index (χ3n) is 5.59. The number of hydrogen-bond acceptors (Lipinski definition) is 2. The van der Waals surface area contributed by atoms with Gasteiger partial charge in [0.25, 0.3) is 0 Å². The molecule has 3 aromatic carbocycles. The van der Waals surface area contributed by atoms with Crippen LogP contribution < -0.4 is 10.2 Å².